The topological polar surface area (TPSA) is 174 Å². The van der Waals surface area contributed by atoms with Crippen LogP contribution in [0, 0.1) is 0 Å². The summed E-state index contributed by atoms with van der Waals surface area (Å²) in [7, 11) is -4.90. The van der Waals surface area contributed by atoms with E-state index in [0.29, 0.717) is 0 Å². The van der Waals surface area contributed by atoms with Gasteiger partial charge in [-0.25, -0.2) is 4.18 Å². The molecule has 2 aromatic rings. The Morgan fingerprint density at radius 2 is 1.58 bits per heavy atom. The Labute approximate surface area is 147 Å². The van der Waals surface area contributed by atoms with Gasteiger partial charge in [0.1, 0.15) is 11.9 Å². The second kappa shape index (κ2) is 6.12. The molecule has 1 aliphatic rings. The van der Waals surface area contributed by atoms with Gasteiger partial charge in [-0.1, -0.05) is 0 Å². The summed E-state index contributed by atoms with van der Waals surface area (Å²) in [5.41, 5.74) is 0.212. The number of rotatable bonds is 3. The molecule has 0 bridgehead atoms. The highest BCUT2D eigenvalue weighted by atomic mass is 32.3. The van der Waals surface area contributed by atoms with E-state index in [1.807, 2.05) is 0 Å². The number of fused-ring (bicyclic) bond motifs is 1. The minimum atomic E-state index is -4.90. The van der Waals surface area contributed by atoms with E-state index in [1.54, 1.807) is 0 Å². The molecule has 2 aromatic carbocycles. The van der Waals surface area contributed by atoms with E-state index < -0.39 is 45.6 Å². The summed E-state index contributed by atoms with van der Waals surface area (Å²) in [5.74, 6) is -2.98. The minimum absolute atomic E-state index is 0.00424. The van der Waals surface area contributed by atoms with Gasteiger partial charge in [-0.2, -0.15) is 8.42 Å². The maximum Gasteiger partial charge on any atom is 0.397 e. The fraction of sp³-hybridized carbons (Fsp3) is 0.200. The van der Waals surface area contributed by atoms with Crippen molar-refractivity contribution >= 4 is 10.4 Å². The van der Waals surface area contributed by atoms with Crippen LogP contribution in [0.1, 0.15) is 17.2 Å². The van der Waals surface area contributed by atoms with Crippen molar-refractivity contribution in [2.45, 2.75) is 18.6 Å². The molecule has 1 heterocycles. The summed E-state index contributed by atoms with van der Waals surface area (Å²) >= 11 is 0. The van der Waals surface area contributed by atoms with Crippen LogP contribution in [-0.2, 0) is 21.0 Å². The summed E-state index contributed by atoms with van der Waals surface area (Å²) in [4.78, 5) is 0. The number of benzene rings is 2. The largest absolute Gasteiger partial charge is 0.508 e. The molecule has 10 nitrogen and oxygen atoms in total. The van der Waals surface area contributed by atoms with E-state index >= 15 is 0 Å². The Morgan fingerprint density at radius 3 is 2.15 bits per heavy atom. The van der Waals surface area contributed by atoms with Gasteiger partial charge < -0.3 is 30.3 Å². The van der Waals surface area contributed by atoms with Crippen molar-refractivity contribution in [2.24, 2.45) is 0 Å². The van der Waals surface area contributed by atoms with Crippen LogP contribution in [0.5, 0.6) is 34.5 Å². The van der Waals surface area contributed by atoms with Gasteiger partial charge in [0.15, 0.2) is 34.9 Å². The molecule has 6 N–H and O–H groups in total. The van der Waals surface area contributed by atoms with Crippen LogP contribution in [0.25, 0.3) is 0 Å². The molecule has 0 fully saturated rings. The second-order valence-electron chi connectivity index (χ2n) is 5.67. The van der Waals surface area contributed by atoms with Crippen molar-refractivity contribution in [1.82, 2.24) is 0 Å². The molecular weight excluding hydrogens is 372 g/mol. The van der Waals surface area contributed by atoms with Crippen molar-refractivity contribution in [3.05, 3.63) is 35.4 Å². The first-order valence-electron chi connectivity index (χ1n) is 7.17. The van der Waals surface area contributed by atoms with Crippen molar-refractivity contribution < 1.29 is 47.4 Å². The fourth-order valence-corrected chi connectivity index (χ4v) is 3.26. The number of ether oxygens (including phenoxy) is 1. The predicted octanol–water partition coefficient (Wildman–Crippen LogP) is 1.08. The van der Waals surface area contributed by atoms with Crippen LogP contribution < -0.4 is 4.74 Å². The van der Waals surface area contributed by atoms with Gasteiger partial charge in [-0.05, 0) is 18.2 Å². The molecule has 0 unspecified atom stereocenters. The van der Waals surface area contributed by atoms with E-state index in [0.717, 1.165) is 18.2 Å². The molecule has 3 rings (SSSR count). The highest BCUT2D eigenvalue weighted by Crippen LogP contribution is 2.46. The molecular formula is C15H14O10S. The maximum absolute atomic E-state index is 11.2. The van der Waals surface area contributed by atoms with Crippen LogP contribution in [0.4, 0.5) is 0 Å². The zero-order valence-electron chi connectivity index (χ0n) is 12.9. The molecule has 0 radical (unpaired) electrons. The van der Waals surface area contributed by atoms with E-state index in [4.69, 9.17) is 9.29 Å². The first kappa shape index (κ1) is 17.9. The van der Waals surface area contributed by atoms with E-state index in [2.05, 4.69) is 4.18 Å². The minimum Gasteiger partial charge on any atom is -0.508 e. The zero-order chi connectivity index (χ0) is 19.2. The Balaban J connectivity index is 2.11. The van der Waals surface area contributed by atoms with Gasteiger partial charge in [0.05, 0.1) is 0 Å². The SMILES string of the molecule is O=S(=O)(O)O[C@H]1Cc2cc(O)cc(O)c2O[C@H]1c1cc(O)c(O)c(O)c1. The Morgan fingerprint density at radius 1 is 0.962 bits per heavy atom. The summed E-state index contributed by atoms with van der Waals surface area (Å²) in [5, 5.41) is 48.3. The molecule has 1 aliphatic heterocycles. The number of aromatic hydroxyl groups is 5. The first-order chi connectivity index (χ1) is 12.0. The zero-order valence-corrected chi connectivity index (χ0v) is 13.7. The molecule has 26 heavy (non-hydrogen) atoms. The van der Waals surface area contributed by atoms with Crippen molar-refractivity contribution in [2.75, 3.05) is 0 Å². The highest BCUT2D eigenvalue weighted by molar-refractivity contribution is 7.80. The number of phenols is 5. The number of hydrogen-bond donors (Lipinski definition) is 6. The monoisotopic (exact) mass is 386 g/mol. The van der Waals surface area contributed by atoms with Crippen molar-refractivity contribution in [3.8, 4) is 34.5 Å². The summed E-state index contributed by atoms with van der Waals surface area (Å²) in [6.07, 6.45) is -2.86. The van der Waals surface area contributed by atoms with Crippen LogP contribution in [-0.4, -0.2) is 44.6 Å². The first-order valence-corrected chi connectivity index (χ1v) is 8.53. The second-order valence-corrected chi connectivity index (χ2v) is 6.71. The summed E-state index contributed by atoms with van der Waals surface area (Å²) in [6, 6.07) is 4.23. The average molecular weight is 386 g/mol. The van der Waals surface area contributed by atoms with Crippen LogP contribution in [0.3, 0.4) is 0 Å². The maximum atomic E-state index is 11.2. The lowest BCUT2D eigenvalue weighted by atomic mass is 9.94. The van der Waals surface area contributed by atoms with E-state index in [9.17, 15) is 34.0 Å². The van der Waals surface area contributed by atoms with Gasteiger partial charge >= 0.3 is 10.4 Å². The normalized spacial score (nSPS) is 19.6. The van der Waals surface area contributed by atoms with E-state index in [1.165, 1.54) is 6.07 Å². The molecule has 2 atom stereocenters. The molecule has 0 saturated heterocycles. The van der Waals surface area contributed by atoms with E-state index in [-0.39, 0.29) is 29.0 Å². The summed E-state index contributed by atoms with van der Waals surface area (Å²) < 4.78 is 41.5. The third-order valence-electron chi connectivity index (χ3n) is 3.80. The molecule has 0 saturated carbocycles. The average Bonchev–Trinajstić information content (AvgIpc) is 2.49. The van der Waals surface area contributed by atoms with Gasteiger partial charge in [0.2, 0.25) is 0 Å². The van der Waals surface area contributed by atoms with Gasteiger partial charge in [0.25, 0.3) is 0 Å². The smallest absolute Gasteiger partial charge is 0.397 e. The summed E-state index contributed by atoms with van der Waals surface area (Å²) in [6.45, 7) is 0. The molecule has 0 amide bonds. The predicted molar refractivity (Wildman–Crippen MR) is 84.7 cm³/mol. The third-order valence-corrected chi connectivity index (χ3v) is 4.29. The van der Waals surface area contributed by atoms with Crippen LogP contribution in [0.15, 0.2) is 24.3 Å². The molecule has 0 aromatic heterocycles. The highest BCUT2D eigenvalue weighted by Gasteiger charge is 2.37. The number of phenolic OH excluding ortho intramolecular Hbond substituents is 5. The van der Waals surface area contributed by atoms with Crippen LogP contribution in [0.2, 0.25) is 0 Å². The molecule has 0 spiro atoms. The number of hydrogen-bond acceptors (Lipinski definition) is 9. The lowest BCUT2D eigenvalue weighted by Crippen LogP contribution is -2.34. The molecule has 140 valence electrons. The fourth-order valence-electron chi connectivity index (χ4n) is 2.78. The third kappa shape index (κ3) is 3.40. The Hall–Kier alpha value is -2.89. The molecule has 11 heteroatoms. The van der Waals surface area contributed by atoms with Crippen molar-refractivity contribution in [3.63, 3.8) is 0 Å². The van der Waals surface area contributed by atoms with Crippen LogP contribution >= 0.6 is 0 Å². The molecule has 0 aliphatic carbocycles. The van der Waals surface area contributed by atoms with Gasteiger partial charge in [0, 0.05) is 23.6 Å². The standard InChI is InChI=1S/C15H14O10S/c16-8-1-6-4-12(25-26(21,22)23)15(24-14(6)11(19)5-8)7-2-9(17)13(20)10(18)3-7/h1-3,5,12,15-20H,4H2,(H,21,22,23)/t12-,15-/m0/s1. The lowest BCUT2D eigenvalue weighted by molar-refractivity contribution is 0.0323. The quantitative estimate of drug-likeness (QED) is 0.331. The van der Waals surface area contributed by atoms with Crippen molar-refractivity contribution in [1.29, 1.82) is 0 Å². The Kier molecular flexibility index (Phi) is 4.22. The van der Waals surface area contributed by atoms with Gasteiger partial charge in [-0.15, -0.1) is 0 Å². The Bertz CT molecular complexity index is 946. The lowest BCUT2D eigenvalue weighted by Gasteiger charge is -2.33. The van der Waals surface area contributed by atoms with Gasteiger partial charge in [-0.3, -0.25) is 4.55 Å².